The highest BCUT2D eigenvalue weighted by molar-refractivity contribution is 9.10. The van der Waals surface area contributed by atoms with Crippen molar-refractivity contribution in [1.82, 2.24) is 0 Å². The third-order valence-corrected chi connectivity index (χ3v) is 4.26. The predicted molar refractivity (Wildman–Crippen MR) is 87.3 cm³/mol. The third kappa shape index (κ3) is 4.78. The van der Waals surface area contributed by atoms with Crippen molar-refractivity contribution in [3.05, 3.63) is 32.3 Å². The van der Waals surface area contributed by atoms with E-state index in [1.165, 1.54) is 19.3 Å². The Hall–Kier alpha value is -1.10. The van der Waals surface area contributed by atoms with Gasteiger partial charge >= 0.3 is 0 Å². The first-order valence-corrected chi connectivity index (χ1v) is 7.97. The Kier molecular flexibility index (Phi) is 6.99. The maximum Gasteiger partial charge on any atom is 0.273 e. The molecule has 1 rings (SSSR count). The van der Waals surface area contributed by atoms with Gasteiger partial charge in [-0.3, -0.25) is 10.1 Å². The summed E-state index contributed by atoms with van der Waals surface area (Å²) in [6, 6.07) is 3.42. The van der Waals surface area contributed by atoms with E-state index in [1.807, 2.05) is 6.07 Å². The van der Waals surface area contributed by atoms with Gasteiger partial charge in [-0.25, -0.2) is 0 Å². The minimum absolute atomic E-state index is 0.153. The zero-order valence-electron chi connectivity index (χ0n) is 12.4. The summed E-state index contributed by atoms with van der Waals surface area (Å²) < 4.78 is 0.750. The minimum atomic E-state index is -0.347. The van der Waals surface area contributed by atoms with Gasteiger partial charge in [0.1, 0.15) is 0 Å². The largest absolute Gasteiger partial charge is 0.384 e. The van der Waals surface area contributed by atoms with Crippen LogP contribution in [0.3, 0.4) is 0 Å². The van der Waals surface area contributed by atoms with E-state index in [4.69, 9.17) is 0 Å². The number of aryl methyl sites for hydroxylation is 1. The molecule has 0 radical (unpaired) electrons. The third-order valence-electron chi connectivity index (χ3n) is 3.61. The lowest BCUT2D eigenvalue weighted by Gasteiger charge is -2.17. The monoisotopic (exact) mass is 342 g/mol. The van der Waals surface area contributed by atoms with E-state index in [2.05, 4.69) is 35.1 Å². The first-order chi connectivity index (χ1) is 9.49. The number of halogens is 1. The molecule has 0 bridgehead atoms. The molecular weight excluding hydrogens is 320 g/mol. The molecule has 0 aromatic heterocycles. The second kappa shape index (κ2) is 8.25. The molecule has 0 fully saturated rings. The fourth-order valence-corrected chi connectivity index (χ4v) is 2.67. The van der Waals surface area contributed by atoms with Gasteiger partial charge in [0, 0.05) is 28.3 Å². The molecule has 0 amide bonds. The summed E-state index contributed by atoms with van der Waals surface area (Å²) in [5.41, 5.74) is 1.77. The highest BCUT2D eigenvalue weighted by Gasteiger charge is 2.14. The SMILES string of the molecule is CCCCC(CC)CNc1cc(C)c([N+](=O)[O-])cc1Br. The van der Waals surface area contributed by atoms with Crippen LogP contribution < -0.4 is 5.32 Å². The number of anilines is 1. The molecule has 1 N–H and O–H groups in total. The second-order valence-electron chi connectivity index (χ2n) is 5.17. The maximum absolute atomic E-state index is 10.9. The van der Waals surface area contributed by atoms with Gasteiger partial charge in [0.2, 0.25) is 0 Å². The van der Waals surface area contributed by atoms with E-state index in [1.54, 1.807) is 13.0 Å². The van der Waals surface area contributed by atoms with Gasteiger partial charge in [-0.1, -0.05) is 33.1 Å². The molecule has 5 heteroatoms. The Morgan fingerprint density at radius 3 is 2.65 bits per heavy atom. The average Bonchev–Trinajstić information content (AvgIpc) is 2.41. The zero-order valence-corrected chi connectivity index (χ0v) is 14.0. The van der Waals surface area contributed by atoms with Crippen LogP contribution in [-0.4, -0.2) is 11.5 Å². The van der Waals surface area contributed by atoms with Crippen LogP contribution in [-0.2, 0) is 0 Å². The van der Waals surface area contributed by atoms with Crippen molar-refractivity contribution >= 4 is 27.3 Å². The number of nitrogens with zero attached hydrogens (tertiary/aromatic N) is 1. The summed E-state index contributed by atoms with van der Waals surface area (Å²) >= 11 is 3.41. The highest BCUT2D eigenvalue weighted by atomic mass is 79.9. The van der Waals surface area contributed by atoms with Crippen LogP contribution in [0.2, 0.25) is 0 Å². The van der Waals surface area contributed by atoms with Crippen molar-refractivity contribution < 1.29 is 4.92 Å². The zero-order chi connectivity index (χ0) is 15.1. The normalized spacial score (nSPS) is 12.2. The number of hydrogen-bond acceptors (Lipinski definition) is 3. The lowest BCUT2D eigenvalue weighted by molar-refractivity contribution is -0.385. The first-order valence-electron chi connectivity index (χ1n) is 7.17. The number of nitro benzene ring substituents is 1. The number of rotatable bonds is 8. The van der Waals surface area contributed by atoms with E-state index in [9.17, 15) is 10.1 Å². The second-order valence-corrected chi connectivity index (χ2v) is 6.03. The number of hydrogen-bond donors (Lipinski definition) is 1. The van der Waals surface area contributed by atoms with Gasteiger partial charge < -0.3 is 5.32 Å². The molecule has 112 valence electrons. The fourth-order valence-electron chi connectivity index (χ4n) is 2.20. The van der Waals surface area contributed by atoms with Gasteiger partial charge in [-0.05, 0) is 41.3 Å². The van der Waals surface area contributed by atoms with Crippen LogP contribution in [0.5, 0.6) is 0 Å². The molecule has 0 aliphatic carbocycles. The summed E-state index contributed by atoms with van der Waals surface area (Å²) in [6.45, 7) is 7.09. The molecular formula is C15H23BrN2O2. The van der Waals surface area contributed by atoms with E-state index >= 15 is 0 Å². The topological polar surface area (TPSA) is 55.2 Å². The molecule has 1 unspecified atom stereocenters. The number of nitrogens with one attached hydrogen (secondary N) is 1. The molecule has 1 atom stereocenters. The summed E-state index contributed by atoms with van der Waals surface area (Å²) in [5, 5.41) is 14.3. The number of nitro groups is 1. The molecule has 0 saturated carbocycles. The van der Waals surface area contributed by atoms with Gasteiger partial charge in [0.15, 0.2) is 0 Å². The Bertz CT molecular complexity index is 463. The van der Waals surface area contributed by atoms with Gasteiger partial charge in [0.25, 0.3) is 5.69 Å². The van der Waals surface area contributed by atoms with Gasteiger partial charge in [-0.15, -0.1) is 0 Å². The summed E-state index contributed by atoms with van der Waals surface area (Å²) in [4.78, 5) is 10.5. The van der Waals surface area contributed by atoms with Crippen molar-refractivity contribution in [3.8, 4) is 0 Å². The van der Waals surface area contributed by atoms with Crippen LogP contribution in [0.15, 0.2) is 16.6 Å². The van der Waals surface area contributed by atoms with Crippen LogP contribution >= 0.6 is 15.9 Å². The van der Waals surface area contributed by atoms with Crippen LogP contribution in [0.25, 0.3) is 0 Å². The molecule has 1 aromatic rings. The van der Waals surface area contributed by atoms with E-state index in [-0.39, 0.29) is 10.6 Å². The van der Waals surface area contributed by atoms with Gasteiger partial charge in [0.05, 0.1) is 4.92 Å². The summed E-state index contributed by atoms with van der Waals surface area (Å²) in [7, 11) is 0. The van der Waals surface area contributed by atoms with Crippen molar-refractivity contribution in [1.29, 1.82) is 0 Å². The molecule has 0 aliphatic rings. The average molecular weight is 343 g/mol. The standard InChI is InChI=1S/C15H23BrN2O2/c1-4-6-7-12(5-2)10-17-14-8-11(3)15(18(19)20)9-13(14)16/h8-9,12,17H,4-7,10H2,1-3H3. The highest BCUT2D eigenvalue weighted by Crippen LogP contribution is 2.31. The smallest absolute Gasteiger partial charge is 0.273 e. The quantitative estimate of drug-likeness (QED) is 0.515. The Morgan fingerprint density at radius 2 is 2.10 bits per heavy atom. The molecule has 1 aromatic carbocycles. The van der Waals surface area contributed by atoms with E-state index in [0.29, 0.717) is 11.5 Å². The Morgan fingerprint density at radius 1 is 1.40 bits per heavy atom. The van der Waals surface area contributed by atoms with E-state index < -0.39 is 0 Å². The van der Waals surface area contributed by atoms with Crippen molar-refractivity contribution in [2.24, 2.45) is 5.92 Å². The first kappa shape index (κ1) is 17.0. The molecule has 4 nitrogen and oxygen atoms in total. The van der Waals surface area contributed by atoms with Gasteiger partial charge in [-0.2, -0.15) is 0 Å². The Labute approximate surface area is 129 Å². The molecule has 0 aliphatic heterocycles. The molecule has 0 saturated heterocycles. The fraction of sp³-hybridized carbons (Fsp3) is 0.600. The summed E-state index contributed by atoms with van der Waals surface area (Å²) in [6.07, 6.45) is 4.84. The van der Waals surface area contributed by atoms with Crippen molar-refractivity contribution in [3.63, 3.8) is 0 Å². The van der Waals surface area contributed by atoms with Crippen LogP contribution in [0, 0.1) is 23.0 Å². The number of benzene rings is 1. The molecule has 0 spiro atoms. The van der Waals surface area contributed by atoms with E-state index in [0.717, 1.165) is 23.1 Å². The number of unbranched alkanes of at least 4 members (excludes halogenated alkanes) is 1. The van der Waals surface area contributed by atoms with Crippen LogP contribution in [0.1, 0.15) is 45.1 Å². The van der Waals surface area contributed by atoms with Crippen molar-refractivity contribution in [2.45, 2.75) is 46.5 Å². The van der Waals surface area contributed by atoms with Crippen molar-refractivity contribution in [2.75, 3.05) is 11.9 Å². The van der Waals surface area contributed by atoms with Crippen LogP contribution in [0.4, 0.5) is 11.4 Å². The minimum Gasteiger partial charge on any atom is -0.384 e. The summed E-state index contributed by atoms with van der Waals surface area (Å²) in [5.74, 6) is 0.650. The lowest BCUT2D eigenvalue weighted by atomic mass is 9.99. The predicted octanol–water partition coefficient (Wildman–Crippen LogP) is 5.29. The molecule has 0 heterocycles. The maximum atomic E-state index is 10.9. The Balaban J connectivity index is 2.73. The lowest BCUT2D eigenvalue weighted by Crippen LogP contribution is -2.14. The molecule has 20 heavy (non-hydrogen) atoms.